The van der Waals surface area contributed by atoms with Crippen LogP contribution in [-0.2, 0) is 0 Å². The topological polar surface area (TPSA) is 104 Å². The van der Waals surface area contributed by atoms with E-state index < -0.39 is 0 Å². The molecule has 0 saturated carbocycles. The van der Waals surface area contributed by atoms with E-state index >= 15 is 0 Å². The Labute approximate surface area is 79.8 Å². The van der Waals surface area contributed by atoms with Crippen molar-refractivity contribution in [3.05, 3.63) is 28.3 Å². The zero-order chi connectivity index (χ0) is 10.4. The lowest BCUT2D eigenvalue weighted by Crippen LogP contribution is -2.26. The Bertz CT molecular complexity index is 366. The van der Waals surface area contributed by atoms with Gasteiger partial charge in [-0.3, -0.25) is 4.79 Å². The number of nitrogens with zero attached hydrogens (tertiary/aromatic N) is 4. The van der Waals surface area contributed by atoms with Gasteiger partial charge >= 0.3 is 0 Å². The lowest BCUT2D eigenvalue weighted by molar-refractivity contribution is 0.0926. The predicted octanol–water partition coefficient (Wildman–Crippen LogP) is 1.02. The number of oxazole rings is 1. The highest BCUT2D eigenvalue weighted by atomic mass is 16.3. The average molecular weight is 195 g/mol. The van der Waals surface area contributed by atoms with Gasteiger partial charge in [0.2, 0.25) is 5.76 Å². The largest absolute Gasteiger partial charge is 0.438 e. The summed E-state index contributed by atoms with van der Waals surface area (Å²) in [5.41, 5.74) is 8.51. The van der Waals surface area contributed by atoms with Crippen molar-refractivity contribution >= 4 is 5.91 Å². The first kappa shape index (κ1) is 10.1. The van der Waals surface area contributed by atoms with Crippen molar-refractivity contribution in [3.8, 4) is 0 Å². The van der Waals surface area contributed by atoms with Crippen molar-refractivity contribution in [2.45, 2.75) is 6.92 Å². The summed E-state index contributed by atoms with van der Waals surface area (Å²) in [4.78, 5) is 17.6. The molecule has 0 aromatic carbocycles. The number of hydrogen-bond acceptors (Lipinski definition) is 4. The first-order valence-electron chi connectivity index (χ1n) is 3.95. The predicted molar refractivity (Wildman–Crippen MR) is 47.6 cm³/mol. The van der Waals surface area contributed by atoms with Crippen LogP contribution in [0.5, 0.6) is 0 Å². The highest BCUT2D eigenvalue weighted by Gasteiger charge is 2.12. The van der Waals surface area contributed by atoms with Gasteiger partial charge in [-0.05, 0) is 12.5 Å². The second-order valence-corrected chi connectivity index (χ2v) is 2.48. The number of nitrogens with one attached hydrogen (secondary N) is 1. The number of azide groups is 1. The van der Waals surface area contributed by atoms with E-state index in [1.165, 1.54) is 6.39 Å². The van der Waals surface area contributed by atoms with Crippen molar-refractivity contribution in [1.82, 2.24) is 10.3 Å². The Morgan fingerprint density at radius 1 is 1.86 bits per heavy atom. The van der Waals surface area contributed by atoms with Crippen LogP contribution in [0.15, 0.2) is 15.9 Å². The fraction of sp³-hybridized carbons (Fsp3) is 0.429. The van der Waals surface area contributed by atoms with Crippen molar-refractivity contribution < 1.29 is 9.21 Å². The van der Waals surface area contributed by atoms with Gasteiger partial charge in [0, 0.05) is 18.0 Å². The van der Waals surface area contributed by atoms with Gasteiger partial charge in [0.05, 0.1) is 5.69 Å². The van der Waals surface area contributed by atoms with Gasteiger partial charge in [-0.15, -0.1) is 0 Å². The minimum Gasteiger partial charge on any atom is -0.438 e. The number of hydrogen-bond donors (Lipinski definition) is 1. The van der Waals surface area contributed by atoms with Crippen molar-refractivity contribution in [1.29, 1.82) is 0 Å². The molecule has 1 amide bonds. The Hall–Kier alpha value is -2.01. The molecule has 1 aromatic rings. The molecule has 0 unspecified atom stereocenters. The molecule has 1 rings (SSSR count). The molecule has 0 saturated heterocycles. The summed E-state index contributed by atoms with van der Waals surface area (Å²) in [6.45, 7) is 2.17. The van der Waals surface area contributed by atoms with Gasteiger partial charge < -0.3 is 9.73 Å². The van der Waals surface area contributed by atoms with Gasteiger partial charge in [0.15, 0.2) is 6.39 Å². The number of aromatic nitrogens is 1. The fourth-order valence-electron chi connectivity index (χ4n) is 0.864. The third kappa shape index (κ3) is 2.49. The molecular weight excluding hydrogens is 186 g/mol. The zero-order valence-corrected chi connectivity index (χ0v) is 7.60. The minimum atomic E-state index is -0.354. The Kier molecular flexibility index (Phi) is 3.51. The molecule has 0 aliphatic rings. The number of aryl methyl sites for hydroxylation is 1. The molecule has 0 fully saturated rings. The molecule has 0 aliphatic carbocycles. The number of carbonyl (C=O) groups excluding carboxylic acids is 1. The highest BCUT2D eigenvalue weighted by Crippen LogP contribution is 2.03. The van der Waals surface area contributed by atoms with E-state index in [1.807, 2.05) is 0 Å². The van der Waals surface area contributed by atoms with Crippen LogP contribution in [0.1, 0.15) is 16.2 Å². The fourth-order valence-corrected chi connectivity index (χ4v) is 0.864. The van der Waals surface area contributed by atoms with E-state index in [4.69, 9.17) is 9.95 Å². The minimum absolute atomic E-state index is 0.186. The lowest BCUT2D eigenvalue weighted by Gasteiger charge is -1.99. The summed E-state index contributed by atoms with van der Waals surface area (Å²) in [5, 5.41) is 5.79. The maximum Gasteiger partial charge on any atom is 0.288 e. The third-order valence-corrected chi connectivity index (χ3v) is 1.51. The van der Waals surface area contributed by atoms with E-state index in [9.17, 15) is 4.79 Å². The summed E-state index contributed by atoms with van der Waals surface area (Å²) in [7, 11) is 0. The lowest BCUT2D eigenvalue weighted by atomic mass is 10.3. The standard InChI is InChI=1S/C7H9N5O2/c1-5-6(14-4-10-5)7(13)9-2-3-11-12-8/h4H,2-3H2,1H3,(H,9,13). The molecule has 0 spiro atoms. The van der Waals surface area contributed by atoms with E-state index in [0.29, 0.717) is 5.69 Å². The van der Waals surface area contributed by atoms with Crippen molar-refractivity contribution in [3.63, 3.8) is 0 Å². The molecule has 0 radical (unpaired) electrons. The number of carbonyl (C=O) groups is 1. The second kappa shape index (κ2) is 4.88. The van der Waals surface area contributed by atoms with Crippen LogP contribution in [0.2, 0.25) is 0 Å². The van der Waals surface area contributed by atoms with E-state index in [0.717, 1.165) is 0 Å². The highest BCUT2D eigenvalue weighted by molar-refractivity contribution is 5.92. The molecule has 1 aromatic heterocycles. The maximum atomic E-state index is 11.3. The van der Waals surface area contributed by atoms with E-state index in [-0.39, 0.29) is 24.8 Å². The molecule has 7 nitrogen and oxygen atoms in total. The molecule has 74 valence electrons. The molecule has 1 N–H and O–H groups in total. The van der Waals surface area contributed by atoms with Crippen LogP contribution in [0.3, 0.4) is 0 Å². The normalized spacial score (nSPS) is 9.21. The molecule has 0 bridgehead atoms. The van der Waals surface area contributed by atoms with Gasteiger partial charge in [-0.2, -0.15) is 0 Å². The zero-order valence-electron chi connectivity index (χ0n) is 7.60. The Balaban J connectivity index is 2.43. The van der Waals surface area contributed by atoms with Crippen LogP contribution >= 0.6 is 0 Å². The van der Waals surface area contributed by atoms with Crippen molar-refractivity contribution in [2.24, 2.45) is 5.11 Å². The van der Waals surface area contributed by atoms with Gasteiger partial charge in [-0.25, -0.2) is 4.98 Å². The van der Waals surface area contributed by atoms with E-state index in [2.05, 4.69) is 20.3 Å². The number of amides is 1. The first-order chi connectivity index (χ1) is 6.75. The van der Waals surface area contributed by atoms with Crippen LogP contribution in [0.25, 0.3) is 10.4 Å². The Morgan fingerprint density at radius 3 is 3.21 bits per heavy atom. The summed E-state index contributed by atoms with van der Waals surface area (Å²) in [6.07, 6.45) is 1.21. The molecule has 0 atom stereocenters. The molecule has 0 aliphatic heterocycles. The van der Waals surface area contributed by atoms with Crippen LogP contribution in [0, 0.1) is 6.92 Å². The van der Waals surface area contributed by atoms with E-state index in [1.54, 1.807) is 6.92 Å². The maximum absolute atomic E-state index is 11.3. The monoisotopic (exact) mass is 195 g/mol. The smallest absolute Gasteiger partial charge is 0.288 e. The molecule has 14 heavy (non-hydrogen) atoms. The molecule has 1 heterocycles. The van der Waals surface area contributed by atoms with Gasteiger partial charge in [0.1, 0.15) is 0 Å². The Morgan fingerprint density at radius 2 is 2.64 bits per heavy atom. The van der Waals surface area contributed by atoms with Crippen LogP contribution in [-0.4, -0.2) is 24.0 Å². The summed E-state index contributed by atoms with van der Waals surface area (Å²) >= 11 is 0. The van der Waals surface area contributed by atoms with Gasteiger partial charge in [-0.1, -0.05) is 5.11 Å². The first-order valence-corrected chi connectivity index (χ1v) is 3.95. The second-order valence-electron chi connectivity index (χ2n) is 2.48. The molecule has 7 heteroatoms. The van der Waals surface area contributed by atoms with Crippen LogP contribution in [0.4, 0.5) is 0 Å². The number of rotatable bonds is 4. The van der Waals surface area contributed by atoms with Gasteiger partial charge in [0.25, 0.3) is 5.91 Å². The van der Waals surface area contributed by atoms with Crippen molar-refractivity contribution in [2.75, 3.05) is 13.1 Å². The van der Waals surface area contributed by atoms with Crippen LogP contribution < -0.4 is 5.32 Å². The summed E-state index contributed by atoms with van der Waals surface area (Å²) in [5.74, 6) is -0.168. The SMILES string of the molecule is Cc1ncoc1C(=O)NCCN=[N+]=[N-]. The molecular formula is C7H9N5O2. The summed E-state index contributed by atoms with van der Waals surface area (Å²) in [6, 6.07) is 0. The average Bonchev–Trinajstić information content (AvgIpc) is 2.59. The third-order valence-electron chi connectivity index (χ3n) is 1.51. The summed E-state index contributed by atoms with van der Waals surface area (Å²) < 4.78 is 4.86. The quantitative estimate of drug-likeness (QED) is 0.335.